The van der Waals surface area contributed by atoms with E-state index in [2.05, 4.69) is 14.9 Å². The molecule has 40 heavy (non-hydrogen) atoms. The minimum absolute atomic E-state index is 0. The van der Waals surface area contributed by atoms with E-state index in [4.69, 9.17) is 32.4 Å². The summed E-state index contributed by atoms with van der Waals surface area (Å²) in [4.78, 5) is 29.0. The Balaban J connectivity index is 0.00000441. The van der Waals surface area contributed by atoms with Gasteiger partial charge in [0.15, 0.2) is 5.75 Å². The number of halogens is 3. The predicted octanol–water partition coefficient (Wildman–Crippen LogP) is 4.34. The van der Waals surface area contributed by atoms with Gasteiger partial charge < -0.3 is 19.4 Å². The Bertz CT molecular complexity index is 1560. The van der Waals surface area contributed by atoms with Crippen LogP contribution in [-0.2, 0) is 23.0 Å². The minimum atomic E-state index is -3.55. The number of nitrogens with one attached hydrogen (secondary N) is 2. The zero-order valence-electron chi connectivity index (χ0n) is 22.3. The van der Waals surface area contributed by atoms with Crippen molar-refractivity contribution in [1.29, 1.82) is 0 Å². The number of anilines is 1. The summed E-state index contributed by atoms with van der Waals surface area (Å²) in [5.74, 6) is -0.0330. The van der Waals surface area contributed by atoms with Crippen LogP contribution in [-0.4, -0.2) is 70.3 Å². The van der Waals surface area contributed by atoms with Crippen molar-refractivity contribution in [3.05, 3.63) is 67.5 Å². The van der Waals surface area contributed by atoms with E-state index in [0.717, 1.165) is 26.2 Å². The molecule has 218 valence electrons. The van der Waals surface area contributed by atoms with Crippen LogP contribution in [0.15, 0.2) is 39.5 Å². The average molecular weight is 634 g/mol. The van der Waals surface area contributed by atoms with Gasteiger partial charge in [-0.25, -0.2) is 18.0 Å². The number of hydrogen-bond donors (Lipinski definition) is 2. The molecule has 1 aromatic heterocycles. The van der Waals surface area contributed by atoms with Crippen LogP contribution in [0.4, 0.5) is 10.5 Å². The van der Waals surface area contributed by atoms with Gasteiger partial charge in [-0.3, -0.25) is 9.62 Å². The van der Waals surface area contributed by atoms with Crippen molar-refractivity contribution in [2.45, 2.75) is 19.9 Å². The maximum absolute atomic E-state index is 13.4. The third-order valence-electron chi connectivity index (χ3n) is 6.42. The first-order chi connectivity index (χ1) is 18.5. The fourth-order valence-corrected chi connectivity index (χ4v) is 5.39. The SMILES string of the molecule is CCS(=O)(=O)Nc1cccc(Cc2c(CN3CCNCC3)c3cc(Cl)c(OC(=O)N(C)C)cc3oc2=O)c1Cl.Cl. The van der Waals surface area contributed by atoms with Crippen LogP contribution >= 0.6 is 35.6 Å². The van der Waals surface area contributed by atoms with Crippen molar-refractivity contribution < 1.29 is 22.4 Å². The molecule has 4 rings (SSSR count). The van der Waals surface area contributed by atoms with Crippen molar-refractivity contribution in [2.75, 3.05) is 50.7 Å². The number of piperazine rings is 1. The van der Waals surface area contributed by atoms with E-state index in [9.17, 15) is 18.0 Å². The van der Waals surface area contributed by atoms with E-state index in [0.29, 0.717) is 28.6 Å². The van der Waals surface area contributed by atoms with E-state index in [1.54, 1.807) is 38.4 Å². The highest BCUT2D eigenvalue weighted by molar-refractivity contribution is 7.92. The number of sulfonamides is 1. The molecule has 2 heterocycles. The maximum Gasteiger partial charge on any atom is 0.414 e. The molecule has 1 aliphatic heterocycles. The predicted molar refractivity (Wildman–Crippen MR) is 160 cm³/mol. The Hall–Kier alpha value is -2.54. The summed E-state index contributed by atoms with van der Waals surface area (Å²) in [6, 6.07) is 8.06. The first kappa shape index (κ1) is 32.0. The normalized spacial score (nSPS) is 14.0. The first-order valence-corrected chi connectivity index (χ1v) is 14.8. The molecule has 0 bridgehead atoms. The van der Waals surface area contributed by atoms with E-state index < -0.39 is 21.7 Å². The molecular formula is C26H31Cl3N4O6S. The van der Waals surface area contributed by atoms with Crippen molar-refractivity contribution in [3.63, 3.8) is 0 Å². The molecule has 2 N–H and O–H groups in total. The van der Waals surface area contributed by atoms with E-state index in [-0.39, 0.29) is 51.6 Å². The summed E-state index contributed by atoms with van der Waals surface area (Å²) in [5.41, 5.74) is 1.55. The van der Waals surface area contributed by atoms with E-state index in [1.165, 1.54) is 17.9 Å². The highest BCUT2D eigenvalue weighted by Gasteiger charge is 2.23. The number of nitrogens with zero attached hydrogens (tertiary/aromatic N) is 2. The Labute approximate surface area is 249 Å². The number of ether oxygens (including phenoxy) is 1. The standard InChI is InChI=1S/C26H30Cl2N4O6S.ClH/c1-4-39(35,36)30-21-7-5-6-16(24(21)28)12-18-19(15-32-10-8-29-9-11-32)17-13-20(27)23(38-26(34)31(2)3)14-22(17)37-25(18)33;/h5-7,13-14,29-30H,4,8-12,15H2,1-3H3;1H. The van der Waals surface area contributed by atoms with Crippen LogP contribution in [0.5, 0.6) is 5.75 Å². The second kappa shape index (κ2) is 13.4. The molecule has 3 aromatic rings. The van der Waals surface area contributed by atoms with Gasteiger partial charge >= 0.3 is 11.7 Å². The van der Waals surface area contributed by atoms with Crippen molar-refractivity contribution in [2.24, 2.45) is 0 Å². The first-order valence-electron chi connectivity index (χ1n) is 12.4. The quantitative estimate of drug-likeness (QED) is 0.352. The van der Waals surface area contributed by atoms with Crippen LogP contribution in [0, 0.1) is 0 Å². The van der Waals surface area contributed by atoms with Crippen LogP contribution in [0.3, 0.4) is 0 Å². The smallest absolute Gasteiger partial charge is 0.414 e. The number of amides is 1. The lowest BCUT2D eigenvalue weighted by molar-refractivity contribution is 0.172. The van der Waals surface area contributed by atoms with E-state index >= 15 is 0 Å². The van der Waals surface area contributed by atoms with Crippen molar-refractivity contribution in [3.8, 4) is 5.75 Å². The van der Waals surface area contributed by atoms with Gasteiger partial charge in [-0.1, -0.05) is 35.3 Å². The number of benzene rings is 2. The summed E-state index contributed by atoms with van der Waals surface area (Å²) in [6.45, 7) is 5.16. The fraction of sp³-hybridized carbons (Fsp3) is 0.385. The molecule has 1 saturated heterocycles. The molecule has 1 aliphatic rings. The van der Waals surface area contributed by atoms with Gasteiger partial charge in [0.2, 0.25) is 10.0 Å². The van der Waals surface area contributed by atoms with Crippen LogP contribution in [0.1, 0.15) is 23.6 Å². The van der Waals surface area contributed by atoms with Gasteiger partial charge in [0.05, 0.1) is 21.5 Å². The molecule has 0 radical (unpaired) electrons. The second-order valence-electron chi connectivity index (χ2n) is 9.37. The molecule has 0 unspecified atom stereocenters. The Morgan fingerprint density at radius 1 is 1.18 bits per heavy atom. The lowest BCUT2D eigenvalue weighted by Crippen LogP contribution is -2.43. The van der Waals surface area contributed by atoms with Gasteiger partial charge in [0, 0.05) is 70.3 Å². The number of carbonyl (C=O) groups is 1. The molecule has 10 nitrogen and oxygen atoms in total. The number of rotatable bonds is 8. The summed E-state index contributed by atoms with van der Waals surface area (Å²) < 4.78 is 37.8. The van der Waals surface area contributed by atoms with Gasteiger partial charge in [-0.05, 0) is 30.2 Å². The number of hydrogen-bond acceptors (Lipinski definition) is 8. The van der Waals surface area contributed by atoms with Gasteiger partial charge in [0.1, 0.15) is 5.58 Å². The van der Waals surface area contributed by atoms with Crippen LogP contribution in [0.2, 0.25) is 10.0 Å². The molecule has 14 heteroatoms. The molecule has 0 atom stereocenters. The second-order valence-corrected chi connectivity index (χ2v) is 12.2. The number of fused-ring (bicyclic) bond motifs is 1. The molecule has 1 amide bonds. The Morgan fingerprint density at radius 3 is 2.52 bits per heavy atom. The molecule has 0 saturated carbocycles. The third kappa shape index (κ3) is 7.39. The van der Waals surface area contributed by atoms with E-state index in [1.807, 2.05) is 0 Å². The largest absolute Gasteiger partial charge is 0.422 e. The lowest BCUT2D eigenvalue weighted by atomic mass is 9.97. The van der Waals surface area contributed by atoms with Gasteiger partial charge in [-0.15, -0.1) is 12.4 Å². The summed E-state index contributed by atoms with van der Waals surface area (Å²) in [5, 5.41) is 4.31. The molecule has 2 aromatic carbocycles. The van der Waals surface area contributed by atoms with Crippen molar-refractivity contribution >= 4 is 68.4 Å². The average Bonchev–Trinajstić information content (AvgIpc) is 2.89. The minimum Gasteiger partial charge on any atom is -0.422 e. The summed E-state index contributed by atoms with van der Waals surface area (Å²) >= 11 is 13.1. The van der Waals surface area contributed by atoms with Gasteiger partial charge in [0.25, 0.3) is 0 Å². The summed E-state index contributed by atoms with van der Waals surface area (Å²) in [6.07, 6.45) is -0.514. The highest BCUT2D eigenvalue weighted by atomic mass is 35.5. The topological polar surface area (TPSA) is 121 Å². The summed E-state index contributed by atoms with van der Waals surface area (Å²) in [7, 11) is -0.464. The maximum atomic E-state index is 13.4. The van der Waals surface area contributed by atoms with Crippen molar-refractivity contribution in [1.82, 2.24) is 15.1 Å². The fourth-order valence-electron chi connectivity index (χ4n) is 4.24. The zero-order chi connectivity index (χ0) is 28.3. The molecular weight excluding hydrogens is 603 g/mol. The molecule has 0 aliphatic carbocycles. The Kier molecular flexibility index (Phi) is 10.7. The number of carbonyl (C=O) groups excluding carboxylic acids is 1. The third-order valence-corrected chi connectivity index (χ3v) is 8.45. The Morgan fingerprint density at radius 2 is 1.88 bits per heavy atom. The molecule has 0 spiro atoms. The zero-order valence-corrected chi connectivity index (χ0v) is 25.4. The van der Waals surface area contributed by atoms with Crippen LogP contribution in [0.25, 0.3) is 11.0 Å². The van der Waals surface area contributed by atoms with Crippen LogP contribution < -0.4 is 20.4 Å². The van der Waals surface area contributed by atoms with Gasteiger partial charge in [-0.2, -0.15) is 0 Å². The monoisotopic (exact) mass is 632 g/mol. The molecule has 1 fully saturated rings. The lowest BCUT2D eigenvalue weighted by Gasteiger charge is -2.28. The highest BCUT2D eigenvalue weighted by Crippen LogP contribution is 2.35.